The summed E-state index contributed by atoms with van der Waals surface area (Å²) in [5.74, 6) is -0.851. The van der Waals surface area contributed by atoms with Crippen molar-refractivity contribution in [3.8, 4) is 5.75 Å². The SMILES string of the molecule is NC(=O)c1ccc(OCC(F)(F)F)c(N)c1. The number of carbonyl (C=O) groups is 1. The summed E-state index contributed by atoms with van der Waals surface area (Å²) >= 11 is 0. The fourth-order valence-electron chi connectivity index (χ4n) is 0.993. The van der Waals surface area contributed by atoms with Gasteiger partial charge < -0.3 is 16.2 Å². The van der Waals surface area contributed by atoms with Crippen molar-refractivity contribution in [1.29, 1.82) is 0 Å². The predicted molar refractivity (Wildman–Crippen MR) is 50.9 cm³/mol. The molecule has 7 heteroatoms. The van der Waals surface area contributed by atoms with Gasteiger partial charge in [-0.2, -0.15) is 13.2 Å². The van der Waals surface area contributed by atoms with Crippen LogP contribution in [0.15, 0.2) is 18.2 Å². The molecule has 1 aromatic rings. The fourth-order valence-corrected chi connectivity index (χ4v) is 0.993. The molecule has 4 nitrogen and oxygen atoms in total. The maximum atomic E-state index is 11.8. The number of ether oxygens (including phenoxy) is 1. The molecule has 0 aliphatic carbocycles. The molecule has 0 aliphatic rings. The molecule has 0 fully saturated rings. The van der Waals surface area contributed by atoms with E-state index in [-0.39, 0.29) is 17.0 Å². The minimum Gasteiger partial charge on any atom is -0.482 e. The summed E-state index contributed by atoms with van der Waals surface area (Å²) in [6.45, 7) is -1.44. The van der Waals surface area contributed by atoms with Crippen LogP contribution < -0.4 is 16.2 Å². The van der Waals surface area contributed by atoms with Crippen LogP contribution in [0, 0.1) is 0 Å². The van der Waals surface area contributed by atoms with E-state index in [1.165, 1.54) is 12.1 Å². The quantitative estimate of drug-likeness (QED) is 0.774. The highest BCUT2D eigenvalue weighted by molar-refractivity contribution is 5.94. The van der Waals surface area contributed by atoms with Crippen LogP contribution in [-0.2, 0) is 0 Å². The molecule has 0 aliphatic heterocycles. The molecule has 0 bridgehead atoms. The second kappa shape index (κ2) is 4.30. The minimum absolute atomic E-state index is 0.0689. The van der Waals surface area contributed by atoms with Crippen molar-refractivity contribution in [1.82, 2.24) is 0 Å². The van der Waals surface area contributed by atoms with Crippen LogP contribution in [-0.4, -0.2) is 18.7 Å². The van der Waals surface area contributed by atoms with Gasteiger partial charge in [-0.05, 0) is 18.2 Å². The topological polar surface area (TPSA) is 78.3 Å². The zero-order valence-corrected chi connectivity index (χ0v) is 8.04. The Morgan fingerprint density at radius 1 is 1.38 bits per heavy atom. The number of amides is 1. The van der Waals surface area contributed by atoms with Gasteiger partial charge in [0.15, 0.2) is 6.61 Å². The molecule has 0 spiro atoms. The number of hydrogen-bond donors (Lipinski definition) is 2. The van der Waals surface area contributed by atoms with Gasteiger partial charge in [0.2, 0.25) is 5.91 Å². The molecule has 0 radical (unpaired) electrons. The normalized spacial score (nSPS) is 11.2. The number of carbonyl (C=O) groups excluding carboxylic acids is 1. The number of rotatable bonds is 3. The zero-order valence-electron chi connectivity index (χ0n) is 8.04. The second-order valence-corrected chi connectivity index (χ2v) is 3.02. The minimum atomic E-state index is -4.44. The predicted octanol–water partition coefficient (Wildman–Crippen LogP) is 1.31. The summed E-state index contributed by atoms with van der Waals surface area (Å²) in [4.78, 5) is 10.7. The third-order valence-electron chi connectivity index (χ3n) is 1.69. The summed E-state index contributed by atoms with van der Waals surface area (Å²) < 4.78 is 40.0. The van der Waals surface area contributed by atoms with Crippen LogP contribution in [0.3, 0.4) is 0 Å². The maximum absolute atomic E-state index is 11.8. The first kappa shape index (κ1) is 12.2. The second-order valence-electron chi connectivity index (χ2n) is 3.02. The van der Waals surface area contributed by atoms with E-state index in [4.69, 9.17) is 11.5 Å². The van der Waals surface area contributed by atoms with Gasteiger partial charge >= 0.3 is 6.18 Å². The Hall–Kier alpha value is -1.92. The highest BCUT2D eigenvalue weighted by Gasteiger charge is 2.28. The van der Waals surface area contributed by atoms with Crippen LogP contribution in [0.1, 0.15) is 10.4 Å². The molecule has 0 aromatic heterocycles. The number of alkyl halides is 3. The van der Waals surface area contributed by atoms with Gasteiger partial charge in [-0.1, -0.05) is 0 Å². The summed E-state index contributed by atoms with van der Waals surface area (Å²) in [6, 6.07) is 3.57. The summed E-state index contributed by atoms with van der Waals surface area (Å²) in [6.07, 6.45) is -4.44. The van der Waals surface area contributed by atoms with Crippen LogP contribution in [0.2, 0.25) is 0 Å². The molecule has 1 amide bonds. The first-order chi connectivity index (χ1) is 7.29. The molecule has 0 atom stereocenters. The van der Waals surface area contributed by atoms with Crippen LogP contribution >= 0.6 is 0 Å². The van der Waals surface area contributed by atoms with Gasteiger partial charge in [0, 0.05) is 5.56 Å². The van der Waals surface area contributed by atoms with Gasteiger partial charge in [-0.15, -0.1) is 0 Å². The lowest BCUT2D eigenvalue weighted by atomic mass is 10.2. The van der Waals surface area contributed by atoms with E-state index < -0.39 is 18.7 Å². The molecule has 0 heterocycles. The van der Waals surface area contributed by atoms with E-state index >= 15 is 0 Å². The van der Waals surface area contributed by atoms with Crippen LogP contribution in [0.4, 0.5) is 18.9 Å². The molecule has 0 saturated heterocycles. The number of benzene rings is 1. The van der Waals surface area contributed by atoms with Crippen molar-refractivity contribution >= 4 is 11.6 Å². The van der Waals surface area contributed by atoms with Crippen molar-refractivity contribution < 1.29 is 22.7 Å². The first-order valence-electron chi connectivity index (χ1n) is 4.18. The van der Waals surface area contributed by atoms with Crippen LogP contribution in [0.5, 0.6) is 5.75 Å². The Bertz CT molecular complexity index is 404. The standard InChI is InChI=1S/C9H9F3N2O2/c10-9(11,12)4-16-7-2-1-5(8(14)15)3-6(7)13/h1-3H,4,13H2,(H2,14,15). The summed E-state index contributed by atoms with van der Waals surface area (Å²) in [7, 11) is 0. The molecule has 1 aromatic carbocycles. The molecular formula is C9H9F3N2O2. The number of nitrogen functional groups attached to an aromatic ring is 1. The summed E-state index contributed by atoms with van der Waals surface area (Å²) in [5, 5.41) is 0. The molecule has 4 N–H and O–H groups in total. The van der Waals surface area contributed by atoms with E-state index in [0.29, 0.717) is 0 Å². The van der Waals surface area contributed by atoms with Crippen molar-refractivity contribution in [2.45, 2.75) is 6.18 Å². The molecule has 88 valence electrons. The lowest BCUT2D eigenvalue weighted by molar-refractivity contribution is -0.153. The van der Waals surface area contributed by atoms with E-state index in [2.05, 4.69) is 4.74 Å². The number of anilines is 1. The smallest absolute Gasteiger partial charge is 0.422 e. The largest absolute Gasteiger partial charge is 0.482 e. The van der Waals surface area contributed by atoms with Gasteiger partial charge in [0.1, 0.15) is 5.75 Å². The lowest BCUT2D eigenvalue weighted by Crippen LogP contribution is -2.20. The van der Waals surface area contributed by atoms with Gasteiger partial charge in [0.05, 0.1) is 5.69 Å². The average Bonchev–Trinajstić information content (AvgIpc) is 2.14. The number of hydrogen-bond acceptors (Lipinski definition) is 3. The fraction of sp³-hybridized carbons (Fsp3) is 0.222. The van der Waals surface area contributed by atoms with Crippen molar-refractivity contribution in [3.05, 3.63) is 23.8 Å². The third kappa shape index (κ3) is 3.34. The van der Waals surface area contributed by atoms with Crippen LogP contribution in [0.25, 0.3) is 0 Å². The van der Waals surface area contributed by atoms with Crippen molar-refractivity contribution in [2.75, 3.05) is 12.3 Å². The Kier molecular flexibility index (Phi) is 3.26. The number of nitrogens with two attached hydrogens (primary N) is 2. The van der Waals surface area contributed by atoms with Crippen molar-refractivity contribution in [3.63, 3.8) is 0 Å². The molecular weight excluding hydrogens is 225 g/mol. The monoisotopic (exact) mass is 234 g/mol. The molecule has 1 rings (SSSR count). The summed E-state index contributed by atoms with van der Waals surface area (Å²) in [5.41, 5.74) is 10.4. The molecule has 0 saturated carbocycles. The highest BCUT2D eigenvalue weighted by Crippen LogP contribution is 2.25. The Morgan fingerprint density at radius 2 is 2.00 bits per heavy atom. The Morgan fingerprint density at radius 3 is 2.44 bits per heavy atom. The van der Waals surface area contributed by atoms with E-state index in [9.17, 15) is 18.0 Å². The van der Waals surface area contributed by atoms with Gasteiger partial charge in [-0.25, -0.2) is 0 Å². The van der Waals surface area contributed by atoms with Crippen molar-refractivity contribution in [2.24, 2.45) is 5.73 Å². The lowest BCUT2D eigenvalue weighted by Gasteiger charge is -2.11. The number of primary amides is 1. The zero-order chi connectivity index (χ0) is 12.3. The average molecular weight is 234 g/mol. The van der Waals surface area contributed by atoms with E-state index in [1.807, 2.05) is 0 Å². The Balaban J connectivity index is 2.80. The first-order valence-corrected chi connectivity index (χ1v) is 4.18. The van der Waals surface area contributed by atoms with E-state index in [1.54, 1.807) is 0 Å². The maximum Gasteiger partial charge on any atom is 0.422 e. The van der Waals surface area contributed by atoms with Gasteiger partial charge in [0.25, 0.3) is 0 Å². The number of halogens is 3. The van der Waals surface area contributed by atoms with E-state index in [0.717, 1.165) is 6.07 Å². The van der Waals surface area contributed by atoms with Gasteiger partial charge in [-0.3, -0.25) is 4.79 Å². The Labute approximate surface area is 89.0 Å². The third-order valence-corrected chi connectivity index (χ3v) is 1.69. The highest BCUT2D eigenvalue weighted by atomic mass is 19.4. The molecule has 0 unspecified atom stereocenters. The molecule has 16 heavy (non-hydrogen) atoms.